The summed E-state index contributed by atoms with van der Waals surface area (Å²) in [4.78, 5) is 14.0. The van der Waals surface area contributed by atoms with E-state index < -0.39 is 5.97 Å². The quantitative estimate of drug-likeness (QED) is 0.839. The number of fused-ring (bicyclic) bond motifs is 1. The van der Waals surface area contributed by atoms with Gasteiger partial charge in [0.2, 0.25) is 0 Å². The van der Waals surface area contributed by atoms with Gasteiger partial charge in [0.15, 0.2) is 0 Å². The van der Waals surface area contributed by atoms with Gasteiger partial charge in [-0.15, -0.1) is 0 Å². The number of aromatic amines is 1. The number of ether oxygens (including phenoxy) is 1. The van der Waals surface area contributed by atoms with Crippen LogP contribution >= 0.6 is 0 Å². The molecule has 1 aromatic heterocycles. The van der Waals surface area contributed by atoms with Crippen molar-refractivity contribution in [2.24, 2.45) is 0 Å². The summed E-state index contributed by atoms with van der Waals surface area (Å²) in [6, 6.07) is 5.93. The number of hydrogen-bond donors (Lipinski definition) is 2. The molecule has 0 aliphatic rings. The van der Waals surface area contributed by atoms with Crippen LogP contribution in [0.4, 0.5) is 0 Å². The zero-order valence-electron chi connectivity index (χ0n) is 12.1. The molecule has 1 heterocycles. The molecule has 2 N–H and O–H groups in total. The van der Waals surface area contributed by atoms with Crippen molar-refractivity contribution in [1.29, 1.82) is 0 Å². The molecule has 1 atom stereocenters. The summed E-state index contributed by atoms with van der Waals surface area (Å²) in [5.74, 6) is 0.281. The van der Waals surface area contributed by atoms with Crippen LogP contribution in [0.5, 0.6) is 5.75 Å². The van der Waals surface area contributed by atoms with Gasteiger partial charge in [0, 0.05) is 23.5 Å². The third-order valence-electron chi connectivity index (χ3n) is 3.38. The van der Waals surface area contributed by atoms with Crippen molar-refractivity contribution in [1.82, 2.24) is 4.98 Å². The molecular formula is C16H21NO3. The Bertz CT molecular complexity index is 601. The van der Waals surface area contributed by atoms with Crippen LogP contribution in [0.3, 0.4) is 0 Å². The Morgan fingerprint density at radius 3 is 2.75 bits per heavy atom. The molecule has 4 nitrogen and oxygen atoms in total. The van der Waals surface area contributed by atoms with E-state index in [2.05, 4.69) is 11.9 Å². The maximum absolute atomic E-state index is 10.7. The Morgan fingerprint density at radius 2 is 2.10 bits per heavy atom. The van der Waals surface area contributed by atoms with Crippen LogP contribution in [-0.2, 0) is 4.79 Å². The number of rotatable bonds is 6. The summed E-state index contributed by atoms with van der Waals surface area (Å²) in [5.41, 5.74) is 2.15. The number of carboxylic acid groups (broad SMARTS) is 1. The average molecular weight is 275 g/mol. The SMILES string of the molecule is CC(C)Oc1cccc2[nH]cc(C(C)CCC(=O)O)c12. The van der Waals surface area contributed by atoms with E-state index in [9.17, 15) is 4.79 Å². The Morgan fingerprint density at radius 1 is 1.35 bits per heavy atom. The first-order chi connectivity index (χ1) is 9.49. The largest absolute Gasteiger partial charge is 0.490 e. The number of aromatic nitrogens is 1. The summed E-state index contributed by atoms with van der Waals surface area (Å²) in [5, 5.41) is 9.88. The van der Waals surface area contributed by atoms with Gasteiger partial charge in [0.25, 0.3) is 0 Å². The van der Waals surface area contributed by atoms with Crippen molar-refractivity contribution >= 4 is 16.9 Å². The first-order valence-corrected chi connectivity index (χ1v) is 6.97. The van der Waals surface area contributed by atoms with E-state index in [1.807, 2.05) is 38.2 Å². The minimum absolute atomic E-state index is 0.109. The third kappa shape index (κ3) is 3.13. The molecule has 20 heavy (non-hydrogen) atoms. The van der Waals surface area contributed by atoms with E-state index in [1.54, 1.807) is 0 Å². The lowest BCUT2D eigenvalue weighted by Gasteiger charge is -2.14. The van der Waals surface area contributed by atoms with Crippen LogP contribution in [0.25, 0.3) is 10.9 Å². The lowest BCUT2D eigenvalue weighted by Crippen LogP contribution is -2.06. The monoisotopic (exact) mass is 275 g/mol. The molecule has 1 aromatic carbocycles. The average Bonchev–Trinajstić information content (AvgIpc) is 2.80. The molecule has 1 unspecified atom stereocenters. The molecule has 108 valence electrons. The van der Waals surface area contributed by atoms with E-state index in [4.69, 9.17) is 9.84 Å². The molecule has 0 radical (unpaired) electrons. The number of nitrogens with one attached hydrogen (secondary N) is 1. The van der Waals surface area contributed by atoms with Gasteiger partial charge in [0.05, 0.1) is 6.10 Å². The molecule has 2 aromatic rings. The van der Waals surface area contributed by atoms with Crippen LogP contribution in [0.1, 0.15) is 45.1 Å². The number of H-pyrrole nitrogens is 1. The van der Waals surface area contributed by atoms with Gasteiger partial charge in [-0.2, -0.15) is 0 Å². The summed E-state index contributed by atoms with van der Waals surface area (Å²) in [6.45, 7) is 6.05. The maximum atomic E-state index is 10.7. The fraction of sp³-hybridized carbons (Fsp3) is 0.438. The van der Waals surface area contributed by atoms with Crippen LogP contribution in [0.2, 0.25) is 0 Å². The van der Waals surface area contributed by atoms with Gasteiger partial charge in [-0.25, -0.2) is 0 Å². The summed E-state index contributed by atoms with van der Waals surface area (Å²) < 4.78 is 5.87. The first kappa shape index (κ1) is 14.4. The van der Waals surface area contributed by atoms with Crippen LogP contribution in [0.15, 0.2) is 24.4 Å². The highest BCUT2D eigenvalue weighted by atomic mass is 16.5. The van der Waals surface area contributed by atoms with Gasteiger partial charge in [-0.05, 0) is 43.9 Å². The fourth-order valence-electron chi connectivity index (χ4n) is 2.41. The van der Waals surface area contributed by atoms with E-state index >= 15 is 0 Å². The number of aliphatic carboxylic acids is 1. The van der Waals surface area contributed by atoms with Crippen LogP contribution in [0, 0.1) is 0 Å². The molecule has 2 rings (SSSR count). The van der Waals surface area contributed by atoms with Crippen LogP contribution < -0.4 is 4.74 Å². The van der Waals surface area contributed by atoms with Crippen molar-refractivity contribution < 1.29 is 14.6 Å². The van der Waals surface area contributed by atoms with Crippen LogP contribution in [-0.4, -0.2) is 22.2 Å². The van der Waals surface area contributed by atoms with E-state index in [0.717, 1.165) is 22.2 Å². The standard InChI is InChI=1S/C16H21NO3/c1-10(2)20-14-6-4-5-13-16(14)12(9-17-13)11(3)7-8-15(18)19/h4-6,9-11,17H,7-8H2,1-3H3,(H,18,19). The van der Waals surface area contributed by atoms with E-state index in [0.29, 0.717) is 6.42 Å². The molecule has 0 saturated carbocycles. The van der Waals surface area contributed by atoms with Gasteiger partial charge in [-0.3, -0.25) is 4.79 Å². The Labute approximate surface area is 118 Å². The summed E-state index contributed by atoms with van der Waals surface area (Å²) >= 11 is 0. The minimum atomic E-state index is -0.754. The van der Waals surface area contributed by atoms with Gasteiger partial charge < -0.3 is 14.8 Å². The maximum Gasteiger partial charge on any atom is 0.303 e. The van der Waals surface area contributed by atoms with Crippen molar-refractivity contribution in [3.8, 4) is 5.75 Å². The highest BCUT2D eigenvalue weighted by Gasteiger charge is 2.16. The van der Waals surface area contributed by atoms with Gasteiger partial charge in [0.1, 0.15) is 5.75 Å². The molecule has 0 amide bonds. The number of carbonyl (C=O) groups is 1. The number of hydrogen-bond acceptors (Lipinski definition) is 2. The second kappa shape index (κ2) is 5.99. The Kier molecular flexibility index (Phi) is 4.32. The topological polar surface area (TPSA) is 62.3 Å². The normalized spacial score (nSPS) is 12.8. The smallest absolute Gasteiger partial charge is 0.303 e. The molecule has 0 fully saturated rings. The molecule has 4 heteroatoms. The zero-order valence-corrected chi connectivity index (χ0v) is 12.1. The van der Waals surface area contributed by atoms with Crippen molar-refractivity contribution in [2.75, 3.05) is 0 Å². The fourth-order valence-corrected chi connectivity index (χ4v) is 2.41. The van der Waals surface area contributed by atoms with Gasteiger partial charge >= 0.3 is 5.97 Å². The predicted molar refractivity (Wildman–Crippen MR) is 79.3 cm³/mol. The number of benzene rings is 1. The lowest BCUT2D eigenvalue weighted by molar-refractivity contribution is -0.137. The highest BCUT2D eigenvalue weighted by molar-refractivity contribution is 5.89. The predicted octanol–water partition coefficient (Wildman–Crippen LogP) is 3.92. The van der Waals surface area contributed by atoms with Crippen molar-refractivity contribution in [2.45, 2.75) is 45.6 Å². The zero-order chi connectivity index (χ0) is 14.7. The summed E-state index contributed by atoms with van der Waals surface area (Å²) in [6.07, 6.45) is 2.88. The molecule has 0 bridgehead atoms. The number of carboxylic acids is 1. The second-order valence-electron chi connectivity index (χ2n) is 5.42. The Hall–Kier alpha value is -1.97. The van der Waals surface area contributed by atoms with E-state index in [1.165, 1.54) is 0 Å². The van der Waals surface area contributed by atoms with Crippen molar-refractivity contribution in [3.05, 3.63) is 30.0 Å². The first-order valence-electron chi connectivity index (χ1n) is 6.97. The van der Waals surface area contributed by atoms with Crippen molar-refractivity contribution in [3.63, 3.8) is 0 Å². The third-order valence-corrected chi connectivity index (χ3v) is 3.38. The lowest BCUT2D eigenvalue weighted by atomic mass is 9.95. The highest BCUT2D eigenvalue weighted by Crippen LogP contribution is 2.35. The summed E-state index contributed by atoms with van der Waals surface area (Å²) in [7, 11) is 0. The molecule has 0 aliphatic heterocycles. The second-order valence-corrected chi connectivity index (χ2v) is 5.42. The van der Waals surface area contributed by atoms with Gasteiger partial charge in [-0.1, -0.05) is 13.0 Å². The van der Waals surface area contributed by atoms with E-state index in [-0.39, 0.29) is 18.4 Å². The molecular weight excluding hydrogens is 254 g/mol. The minimum Gasteiger partial charge on any atom is -0.490 e. The molecule has 0 spiro atoms. The molecule has 0 saturated heterocycles. The Balaban J connectivity index is 2.35. The molecule has 0 aliphatic carbocycles.